The van der Waals surface area contributed by atoms with Gasteiger partial charge in [-0.15, -0.1) is 0 Å². The Bertz CT molecular complexity index is 1270. The molecular formula is C29H32N4O5. The molecule has 0 spiro atoms. The lowest BCUT2D eigenvalue weighted by Gasteiger charge is -2.30. The number of nitrogens with two attached hydrogens (primary N) is 1. The minimum Gasteiger partial charge on any atom is -0.484 e. The smallest absolute Gasteiger partial charge is 0.309 e. The molecule has 0 unspecified atom stereocenters. The number of hydrogen-bond acceptors (Lipinski definition) is 7. The van der Waals surface area contributed by atoms with Gasteiger partial charge in [0.05, 0.1) is 12.5 Å². The Morgan fingerprint density at radius 2 is 1.82 bits per heavy atom. The molecule has 0 radical (unpaired) electrons. The van der Waals surface area contributed by atoms with Crippen LogP contribution in [0.2, 0.25) is 0 Å². The molecule has 1 aliphatic rings. The quantitative estimate of drug-likeness (QED) is 0.416. The van der Waals surface area contributed by atoms with Gasteiger partial charge in [0.1, 0.15) is 5.75 Å². The topological polar surface area (TPSA) is 124 Å². The SMILES string of the molecule is CCOC(=O)C1CCN(C(=O)COc2cccc(-c3cc(C(=O)Nc4ccncc4)ccc3CN)c2)CC1. The lowest BCUT2D eigenvalue weighted by atomic mass is 9.96. The molecule has 9 heteroatoms. The van der Waals surface area contributed by atoms with Crippen molar-refractivity contribution in [3.8, 4) is 16.9 Å². The maximum Gasteiger partial charge on any atom is 0.309 e. The Morgan fingerprint density at radius 3 is 2.53 bits per heavy atom. The maximum atomic E-state index is 12.8. The van der Waals surface area contributed by atoms with E-state index in [0.29, 0.717) is 56.1 Å². The number of piperidine rings is 1. The van der Waals surface area contributed by atoms with Crippen LogP contribution in [-0.4, -0.2) is 54.0 Å². The molecule has 0 aliphatic carbocycles. The maximum absolute atomic E-state index is 12.8. The zero-order chi connectivity index (χ0) is 26.9. The molecule has 1 fully saturated rings. The number of nitrogens with one attached hydrogen (secondary N) is 1. The Kier molecular flexibility index (Phi) is 9.05. The Morgan fingerprint density at radius 1 is 1.05 bits per heavy atom. The number of nitrogens with zero attached hydrogens (tertiary/aromatic N) is 2. The molecule has 2 heterocycles. The molecule has 38 heavy (non-hydrogen) atoms. The van der Waals surface area contributed by atoms with Crippen molar-refractivity contribution >= 4 is 23.5 Å². The van der Waals surface area contributed by atoms with Crippen LogP contribution in [-0.2, 0) is 20.9 Å². The van der Waals surface area contributed by atoms with E-state index in [4.69, 9.17) is 15.2 Å². The fourth-order valence-corrected chi connectivity index (χ4v) is 4.42. The van der Waals surface area contributed by atoms with Gasteiger partial charge in [-0.05, 0) is 72.9 Å². The van der Waals surface area contributed by atoms with E-state index in [1.807, 2.05) is 24.3 Å². The van der Waals surface area contributed by atoms with Crippen molar-refractivity contribution in [2.45, 2.75) is 26.3 Å². The number of rotatable bonds is 9. The zero-order valence-corrected chi connectivity index (χ0v) is 21.4. The number of carbonyl (C=O) groups excluding carboxylic acids is 3. The first-order chi connectivity index (χ1) is 18.5. The summed E-state index contributed by atoms with van der Waals surface area (Å²) in [6.45, 7) is 3.34. The molecule has 1 aliphatic heterocycles. The summed E-state index contributed by atoms with van der Waals surface area (Å²) in [5.74, 6) is -0.188. The van der Waals surface area contributed by atoms with Gasteiger partial charge >= 0.3 is 5.97 Å². The van der Waals surface area contributed by atoms with Crippen LogP contribution in [0.1, 0.15) is 35.7 Å². The van der Waals surface area contributed by atoms with Crippen LogP contribution in [0.25, 0.3) is 11.1 Å². The summed E-state index contributed by atoms with van der Waals surface area (Å²) >= 11 is 0. The second-order valence-corrected chi connectivity index (χ2v) is 8.99. The number of aromatic nitrogens is 1. The summed E-state index contributed by atoms with van der Waals surface area (Å²) in [6, 6.07) is 16.2. The van der Waals surface area contributed by atoms with Crippen molar-refractivity contribution in [3.05, 3.63) is 78.1 Å². The van der Waals surface area contributed by atoms with Crippen LogP contribution >= 0.6 is 0 Å². The first-order valence-electron chi connectivity index (χ1n) is 12.7. The number of esters is 1. The van der Waals surface area contributed by atoms with E-state index in [-0.39, 0.29) is 30.3 Å². The van der Waals surface area contributed by atoms with Crippen LogP contribution in [0.5, 0.6) is 5.75 Å². The van der Waals surface area contributed by atoms with Gasteiger partial charge in [-0.3, -0.25) is 19.4 Å². The molecule has 2 amide bonds. The van der Waals surface area contributed by atoms with E-state index in [1.165, 1.54) is 0 Å². The normalized spacial score (nSPS) is 13.6. The van der Waals surface area contributed by atoms with Crippen molar-refractivity contribution in [1.82, 2.24) is 9.88 Å². The van der Waals surface area contributed by atoms with E-state index >= 15 is 0 Å². The van der Waals surface area contributed by atoms with Crippen molar-refractivity contribution in [2.24, 2.45) is 11.7 Å². The van der Waals surface area contributed by atoms with Gasteiger partial charge in [0, 0.05) is 43.3 Å². The number of benzene rings is 2. The third-order valence-corrected chi connectivity index (χ3v) is 6.51. The molecule has 0 saturated carbocycles. The number of anilines is 1. The second kappa shape index (κ2) is 12.8. The Hall–Kier alpha value is -4.24. The molecular weight excluding hydrogens is 484 g/mol. The van der Waals surface area contributed by atoms with Crippen molar-refractivity contribution < 1.29 is 23.9 Å². The highest BCUT2D eigenvalue weighted by Gasteiger charge is 2.28. The van der Waals surface area contributed by atoms with E-state index in [9.17, 15) is 14.4 Å². The molecule has 0 bridgehead atoms. The minimum atomic E-state index is -0.245. The monoisotopic (exact) mass is 516 g/mol. The molecule has 1 aromatic heterocycles. The summed E-state index contributed by atoms with van der Waals surface area (Å²) in [5, 5.41) is 2.86. The highest BCUT2D eigenvalue weighted by atomic mass is 16.5. The lowest BCUT2D eigenvalue weighted by Crippen LogP contribution is -2.42. The van der Waals surface area contributed by atoms with Gasteiger partial charge in [-0.1, -0.05) is 18.2 Å². The minimum absolute atomic E-state index is 0.106. The molecule has 198 valence electrons. The summed E-state index contributed by atoms with van der Waals surface area (Å²) in [7, 11) is 0. The fraction of sp³-hybridized carbons (Fsp3) is 0.310. The first kappa shape index (κ1) is 26.8. The summed E-state index contributed by atoms with van der Waals surface area (Å²) < 4.78 is 10.9. The second-order valence-electron chi connectivity index (χ2n) is 8.99. The molecule has 4 rings (SSSR count). The molecule has 9 nitrogen and oxygen atoms in total. The van der Waals surface area contributed by atoms with Crippen LogP contribution in [0, 0.1) is 5.92 Å². The average Bonchev–Trinajstić information content (AvgIpc) is 2.96. The highest BCUT2D eigenvalue weighted by molar-refractivity contribution is 6.05. The third kappa shape index (κ3) is 6.74. The molecule has 1 saturated heterocycles. The van der Waals surface area contributed by atoms with E-state index in [2.05, 4.69) is 10.3 Å². The standard InChI is InChI=1S/C29H32N4O5/c1-2-37-29(36)20-10-14-33(15-11-20)27(34)19-38-25-5-3-4-21(16-25)26-17-22(6-7-23(26)18-30)28(35)32-24-8-12-31-13-9-24/h3-9,12-13,16-17,20H,2,10-11,14-15,18-19,30H2,1H3,(H,31,32,35). The number of hydrogen-bond donors (Lipinski definition) is 2. The van der Waals surface area contributed by atoms with Crippen LogP contribution in [0.15, 0.2) is 67.0 Å². The van der Waals surface area contributed by atoms with Crippen LogP contribution in [0.4, 0.5) is 5.69 Å². The summed E-state index contributed by atoms with van der Waals surface area (Å²) in [5.41, 5.74) is 9.64. The number of ether oxygens (including phenoxy) is 2. The highest BCUT2D eigenvalue weighted by Crippen LogP contribution is 2.29. The van der Waals surface area contributed by atoms with Crippen molar-refractivity contribution in [3.63, 3.8) is 0 Å². The predicted molar refractivity (Wildman–Crippen MR) is 143 cm³/mol. The largest absolute Gasteiger partial charge is 0.484 e. The van der Waals surface area contributed by atoms with Gasteiger partial charge in [-0.2, -0.15) is 0 Å². The number of pyridine rings is 1. The first-order valence-corrected chi connectivity index (χ1v) is 12.7. The molecule has 3 aromatic rings. The lowest BCUT2D eigenvalue weighted by molar-refractivity contribution is -0.151. The van der Waals surface area contributed by atoms with Crippen molar-refractivity contribution in [1.29, 1.82) is 0 Å². The Balaban J connectivity index is 1.41. The van der Waals surface area contributed by atoms with Gasteiger partial charge < -0.3 is 25.4 Å². The summed E-state index contributed by atoms with van der Waals surface area (Å²) in [6.07, 6.45) is 4.40. The molecule has 0 atom stereocenters. The number of carbonyl (C=O) groups is 3. The van der Waals surface area contributed by atoms with Gasteiger partial charge in [0.25, 0.3) is 11.8 Å². The van der Waals surface area contributed by atoms with Crippen LogP contribution < -0.4 is 15.8 Å². The van der Waals surface area contributed by atoms with Crippen LogP contribution in [0.3, 0.4) is 0 Å². The van der Waals surface area contributed by atoms with Gasteiger partial charge in [-0.25, -0.2) is 0 Å². The number of amides is 2. The summed E-state index contributed by atoms with van der Waals surface area (Å²) in [4.78, 5) is 43.2. The fourth-order valence-electron chi connectivity index (χ4n) is 4.42. The molecule has 3 N–H and O–H groups in total. The van der Waals surface area contributed by atoms with E-state index < -0.39 is 0 Å². The van der Waals surface area contributed by atoms with E-state index in [1.54, 1.807) is 54.5 Å². The van der Waals surface area contributed by atoms with Crippen molar-refractivity contribution in [2.75, 3.05) is 31.6 Å². The third-order valence-electron chi connectivity index (χ3n) is 6.51. The van der Waals surface area contributed by atoms with Gasteiger partial charge in [0.15, 0.2) is 6.61 Å². The predicted octanol–water partition coefficient (Wildman–Crippen LogP) is 3.64. The average molecular weight is 517 g/mol. The van der Waals surface area contributed by atoms with E-state index in [0.717, 1.165) is 16.7 Å². The van der Waals surface area contributed by atoms with Gasteiger partial charge in [0.2, 0.25) is 0 Å². The molecule has 2 aromatic carbocycles. The number of likely N-dealkylation sites (tertiary alicyclic amines) is 1. The Labute approximate surface area is 221 Å². The zero-order valence-electron chi connectivity index (χ0n) is 21.4.